The van der Waals surface area contributed by atoms with Crippen LogP contribution in [0, 0.1) is 0 Å². The predicted molar refractivity (Wildman–Crippen MR) is 103 cm³/mol. The van der Waals surface area contributed by atoms with Crippen LogP contribution in [0.4, 0.5) is 5.69 Å². The zero-order valence-corrected chi connectivity index (χ0v) is 15.5. The van der Waals surface area contributed by atoms with Gasteiger partial charge in [-0.15, -0.1) is 0 Å². The molecule has 1 aliphatic heterocycles. The monoisotopic (exact) mass is 419 g/mol. The number of benzene rings is 3. The van der Waals surface area contributed by atoms with Crippen LogP contribution in [0.1, 0.15) is 23.5 Å². The molecule has 0 bridgehead atoms. The Morgan fingerprint density at radius 3 is 2.54 bits per heavy atom. The van der Waals surface area contributed by atoms with Gasteiger partial charge in [0, 0.05) is 22.2 Å². The lowest BCUT2D eigenvalue weighted by molar-refractivity contribution is -0.116. The topological polar surface area (TPSA) is 29.1 Å². The Kier molecular flexibility index (Phi) is 4.03. The summed E-state index contributed by atoms with van der Waals surface area (Å²) in [6.45, 7) is 0. The minimum atomic E-state index is -0.124. The zero-order valence-electron chi connectivity index (χ0n) is 12.4. The van der Waals surface area contributed by atoms with Crippen molar-refractivity contribution in [2.24, 2.45) is 0 Å². The Morgan fingerprint density at radius 1 is 1.00 bits per heavy atom. The summed E-state index contributed by atoms with van der Waals surface area (Å²) in [5.41, 5.74) is 2.78. The van der Waals surface area contributed by atoms with Crippen LogP contribution < -0.4 is 5.32 Å². The van der Waals surface area contributed by atoms with Crippen molar-refractivity contribution in [1.82, 2.24) is 0 Å². The van der Waals surface area contributed by atoms with Gasteiger partial charge >= 0.3 is 0 Å². The standard InChI is InChI=1S/C19H12BrCl2NO/c20-15-8-14-13(11-6-3-7-16(21)18(11)22)9-17(24)23-19(14)12-5-2-1-4-10(12)15/h1-8,13H,9H2,(H,23,24)/t13-/m0/s1. The van der Waals surface area contributed by atoms with Gasteiger partial charge in [0.15, 0.2) is 0 Å². The second kappa shape index (κ2) is 6.07. The van der Waals surface area contributed by atoms with Gasteiger partial charge in [-0.2, -0.15) is 0 Å². The molecule has 0 spiro atoms. The largest absolute Gasteiger partial charge is 0.325 e. The van der Waals surface area contributed by atoms with Gasteiger partial charge in [0.05, 0.1) is 15.7 Å². The zero-order chi connectivity index (χ0) is 16.8. The van der Waals surface area contributed by atoms with Gasteiger partial charge in [0.1, 0.15) is 0 Å². The number of halogens is 3. The Hall–Kier alpha value is -1.55. The first-order valence-corrected chi connectivity index (χ1v) is 9.06. The van der Waals surface area contributed by atoms with Crippen molar-refractivity contribution in [3.05, 3.63) is 74.2 Å². The molecule has 3 aromatic carbocycles. The van der Waals surface area contributed by atoms with Crippen LogP contribution in [-0.2, 0) is 4.79 Å². The second-order valence-electron chi connectivity index (χ2n) is 5.82. The quantitative estimate of drug-likeness (QED) is 0.485. The van der Waals surface area contributed by atoms with Gasteiger partial charge in [0.25, 0.3) is 0 Å². The molecule has 1 atom stereocenters. The van der Waals surface area contributed by atoms with Crippen LogP contribution in [-0.4, -0.2) is 5.91 Å². The molecule has 5 heteroatoms. The van der Waals surface area contributed by atoms with E-state index in [1.165, 1.54) is 0 Å². The molecule has 2 nitrogen and oxygen atoms in total. The third-order valence-corrected chi connectivity index (χ3v) is 5.90. The van der Waals surface area contributed by atoms with Gasteiger partial charge in [-0.25, -0.2) is 0 Å². The molecule has 0 aromatic heterocycles. The summed E-state index contributed by atoms with van der Waals surface area (Å²) in [5, 5.41) is 6.11. The van der Waals surface area contributed by atoms with Gasteiger partial charge in [-0.3, -0.25) is 4.79 Å². The number of hydrogen-bond donors (Lipinski definition) is 1. The average molecular weight is 421 g/mol. The highest BCUT2D eigenvalue weighted by Crippen LogP contribution is 2.45. The van der Waals surface area contributed by atoms with Gasteiger partial charge in [-0.1, -0.05) is 75.5 Å². The highest BCUT2D eigenvalue weighted by molar-refractivity contribution is 9.10. The molecule has 0 saturated heterocycles. The lowest BCUT2D eigenvalue weighted by Crippen LogP contribution is -2.24. The van der Waals surface area contributed by atoms with Crippen molar-refractivity contribution >= 4 is 61.5 Å². The minimum absolute atomic E-state index is 0.0176. The van der Waals surface area contributed by atoms with E-state index >= 15 is 0 Å². The van der Waals surface area contributed by atoms with E-state index in [0.29, 0.717) is 16.5 Å². The van der Waals surface area contributed by atoms with Gasteiger partial charge in [-0.05, 0) is 28.6 Å². The molecule has 1 N–H and O–H groups in total. The Labute approximate surface area is 157 Å². The molecule has 1 aliphatic rings. The predicted octanol–water partition coefficient (Wildman–Crippen LogP) is 6.38. The number of amides is 1. The SMILES string of the molecule is O=C1C[C@@H](c2cccc(Cl)c2Cl)c2cc(Br)c3ccccc3c2N1. The second-order valence-corrected chi connectivity index (χ2v) is 7.46. The molecule has 0 fully saturated rings. The normalized spacial score (nSPS) is 16.8. The molecule has 1 amide bonds. The number of carbonyl (C=O) groups excluding carboxylic acids is 1. The number of carbonyl (C=O) groups is 1. The van der Waals surface area contributed by atoms with E-state index in [1.807, 2.05) is 36.4 Å². The minimum Gasteiger partial charge on any atom is -0.325 e. The van der Waals surface area contributed by atoms with E-state index in [-0.39, 0.29) is 11.8 Å². The molecular formula is C19H12BrCl2NO. The smallest absolute Gasteiger partial charge is 0.225 e. The van der Waals surface area contributed by atoms with Crippen LogP contribution in [0.25, 0.3) is 10.8 Å². The van der Waals surface area contributed by atoms with E-state index in [1.54, 1.807) is 6.07 Å². The summed E-state index contributed by atoms with van der Waals surface area (Å²) in [6.07, 6.45) is 0.345. The van der Waals surface area contributed by atoms with Crippen LogP contribution in [0.3, 0.4) is 0 Å². The Bertz CT molecular complexity index is 987. The van der Waals surface area contributed by atoms with E-state index in [2.05, 4.69) is 27.3 Å². The van der Waals surface area contributed by atoms with Crippen molar-refractivity contribution in [2.75, 3.05) is 5.32 Å². The van der Waals surface area contributed by atoms with Crippen LogP contribution in [0.5, 0.6) is 0 Å². The van der Waals surface area contributed by atoms with E-state index < -0.39 is 0 Å². The van der Waals surface area contributed by atoms with Gasteiger partial charge in [0.2, 0.25) is 5.91 Å². The average Bonchev–Trinajstić information content (AvgIpc) is 2.58. The number of hydrogen-bond acceptors (Lipinski definition) is 1. The molecule has 4 rings (SSSR count). The van der Waals surface area contributed by atoms with Gasteiger partial charge < -0.3 is 5.32 Å². The summed E-state index contributed by atoms with van der Waals surface area (Å²) in [4.78, 5) is 12.3. The molecule has 3 aromatic rings. The summed E-state index contributed by atoms with van der Waals surface area (Å²) < 4.78 is 0.996. The van der Waals surface area contributed by atoms with Crippen LogP contribution in [0.2, 0.25) is 10.0 Å². The molecule has 0 radical (unpaired) electrons. The van der Waals surface area contributed by atoms with E-state index in [4.69, 9.17) is 23.2 Å². The molecular weight excluding hydrogens is 409 g/mol. The molecule has 0 aliphatic carbocycles. The fourth-order valence-electron chi connectivity index (χ4n) is 3.32. The first kappa shape index (κ1) is 15.9. The van der Waals surface area contributed by atoms with Crippen molar-refractivity contribution in [3.63, 3.8) is 0 Å². The highest BCUT2D eigenvalue weighted by atomic mass is 79.9. The van der Waals surface area contributed by atoms with Crippen LogP contribution >= 0.6 is 39.1 Å². The lowest BCUT2D eigenvalue weighted by Gasteiger charge is -2.28. The summed E-state index contributed by atoms with van der Waals surface area (Å²) in [6, 6.07) is 15.6. The summed E-state index contributed by atoms with van der Waals surface area (Å²) in [7, 11) is 0. The fourth-order valence-corrected chi connectivity index (χ4v) is 4.35. The molecule has 0 saturated carbocycles. The number of nitrogens with one attached hydrogen (secondary N) is 1. The summed E-state index contributed by atoms with van der Waals surface area (Å²) in [5.74, 6) is -0.142. The van der Waals surface area contributed by atoms with Crippen LogP contribution in [0.15, 0.2) is 53.0 Å². The fraction of sp³-hybridized carbons (Fsp3) is 0.105. The number of anilines is 1. The third-order valence-electron chi connectivity index (χ3n) is 4.41. The Morgan fingerprint density at radius 2 is 1.75 bits per heavy atom. The maximum atomic E-state index is 12.3. The first-order chi connectivity index (χ1) is 11.6. The Balaban J connectivity index is 2.01. The molecule has 0 unspecified atom stereocenters. The lowest BCUT2D eigenvalue weighted by atomic mass is 9.83. The summed E-state index contributed by atoms with van der Waals surface area (Å²) >= 11 is 16.3. The van der Waals surface area contributed by atoms with Crippen molar-refractivity contribution in [2.45, 2.75) is 12.3 Å². The van der Waals surface area contributed by atoms with Crippen molar-refractivity contribution < 1.29 is 4.79 Å². The highest BCUT2D eigenvalue weighted by Gasteiger charge is 2.30. The maximum absolute atomic E-state index is 12.3. The molecule has 1 heterocycles. The third kappa shape index (κ3) is 2.52. The number of rotatable bonds is 1. The van der Waals surface area contributed by atoms with E-state index in [9.17, 15) is 4.79 Å². The maximum Gasteiger partial charge on any atom is 0.225 e. The van der Waals surface area contributed by atoms with E-state index in [0.717, 1.165) is 32.1 Å². The first-order valence-electron chi connectivity index (χ1n) is 7.51. The molecule has 24 heavy (non-hydrogen) atoms. The van der Waals surface area contributed by atoms with Crippen molar-refractivity contribution in [3.8, 4) is 0 Å². The van der Waals surface area contributed by atoms with Crippen molar-refractivity contribution in [1.29, 1.82) is 0 Å². The molecule has 120 valence electrons. The number of fused-ring (bicyclic) bond motifs is 3.